The van der Waals surface area contributed by atoms with Crippen molar-refractivity contribution in [3.63, 3.8) is 0 Å². The van der Waals surface area contributed by atoms with Crippen molar-refractivity contribution in [2.24, 2.45) is 0 Å². The molecule has 2 rings (SSSR count). The van der Waals surface area contributed by atoms with E-state index in [1.54, 1.807) is 0 Å². The van der Waals surface area contributed by atoms with E-state index >= 15 is 0 Å². The number of amides is 1. The Morgan fingerprint density at radius 3 is 2.67 bits per heavy atom. The van der Waals surface area contributed by atoms with Crippen LogP contribution in [-0.2, 0) is 11.3 Å². The summed E-state index contributed by atoms with van der Waals surface area (Å²) < 4.78 is 0. The van der Waals surface area contributed by atoms with Gasteiger partial charge < -0.3 is 5.32 Å². The molecule has 4 heteroatoms. The molecule has 1 saturated heterocycles. The highest BCUT2D eigenvalue weighted by Crippen LogP contribution is 2.13. The molecule has 0 radical (unpaired) electrons. The van der Waals surface area contributed by atoms with Crippen molar-refractivity contribution in [2.45, 2.75) is 25.4 Å². The fourth-order valence-electron chi connectivity index (χ4n) is 2.60. The summed E-state index contributed by atoms with van der Waals surface area (Å²) in [5.41, 5.74) is 1.35. The standard InChI is InChI=1S/C17H23N3O/c1-2-10-18-13-17(21)19-16-8-11-20(12-9-16)14-15-6-4-3-5-7-15/h1,3-7,16,18H,8-14H2,(H,19,21). The maximum atomic E-state index is 11.7. The van der Waals surface area contributed by atoms with E-state index in [4.69, 9.17) is 6.42 Å². The van der Waals surface area contributed by atoms with Gasteiger partial charge in [0.05, 0.1) is 13.1 Å². The highest BCUT2D eigenvalue weighted by Gasteiger charge is 2.20. The van der Waals surface area contributed by atoms with E-state index in [2.05, 4.69) is 45.7 Å². The second kappa shape index (κ2) is 8.46. The number of carbonyl (C=O) groups is 1. The molecule has 1 aromatic rings. The Morgan fingerprint density at radius 1 is 1.29 bits per heavy atom. The van der Waals surface area contributed by atoms with Gasteiger partial charge in [-0.15, -0.1) is 6.42 Å². The smallest absolute Gasteiger partial charge is 0.234 e. The Hall–Kier alpha value is -1.83. The van der Waals surface area contributed by atoms with Gasteiger partial charge in [0.2, 0.25) is 5.91 Å². The first kappa shape index (κ1) is 15.6. The quantitative estimate of drug-likeness (QED) is 0.605. The number of nitrogens with one attached hydrogen (secondary N) is 2. The van der Waals surface area contributed by atoms with Crippen LogP contribution in [0.1, 0.15) is 18.4 Å². The summed E-state index contributed by atoms with van der Waals surface area (Å²) in [7, 11) is 0. The van der Waals surface area contributed by atoms with Crippen LogP contribution >= 0.6 is 0 Å². The van der Waals surface area contributed by atoms with E-state index in [0.29, 0.717) is 13.1 Å². The summed E-state index contributed by atoms with van der Waals surface area (Å²) >= 11 is 0. The molecule has 21 heavy (non-hydrogen) atoms. The van der Waals surface area contributed by atoms with Gasteiger partial charge in [-0.1, -0.05) is 36.3 Å². The number of hydrogen-bond acceptors (Lipinski definition) is 3. The molecule has 2 N–H and O–H groups in total. The zero-order valence-electron chi connectivity index (χ0n) is 12.3. The van der Waals surface area contributed by atoms with Crippen molar-refractivity contribution < 1.29 is 4.79 Å². The highest BCUT2D eigenvalue weighted by molar-refractivity contribution is 5.78. The second-order valence-electron chi connectivity index (χ2n) is 5.41. The summed E-state index contributed by atoms with van der Waals surface area (Å²) in [6.45, 7) is 3.78. The van der Waals surface area contributed by atoms with Gasteiger partial charge in [-0.25, -0.2) is 0 Å². The monoisotopic (exact) mass is 285 g/mol. The van der Waals surface area contributed by atoms with Crippen molar-refractivity contribution in [3.8, 4) is 12.3 Å². The molecule has 1 heterocycles. The molecule has 0 atom stereocenters. The summed E-state index contributed by atoms with van der Waals surface area (Å²) in [6.07, 6.45) is 7.14. The largest absolute Gasteiger partial charge is 0.352 e. The molecule has 1 aliphatic heterocycles. The van der Waals surface area contributed by atoms with Gasteiger partial charge in [-0.2, -0.15) is 0 Å². The van der Waals surface area contributed by atoms with Crippen molar-refractivity contribution >= 4 is 5.91 Å². The van der Waals surface area contributed by atoms with Crippen molar-refractivity contribution in [3.05, 3.63) is 35.9 Å². The van der Waals surface area contributed by atoms with Crippen LogP contribution in [0.3, 0.4) is 0 Å². The molecule has 1 aliphatic rings. The lowest BCUT2D eigenvalue weighted by Gasteiger charge is -2.32. The molecular weight excluding hydrogens is 262 g/mol. The normalized spacial score (nSPS) is 16.3. The Bertz CT molecular complexity index is 473. The first-order chi connectivity index (χ1) is 10.3. The Kier molecular flexibility index (Phi) is 6.26. The number of nitrogens with zero attached hydrogens (tertiary/aromatic N) is 1. The molecule has 1 amide bonds. The number of likely N-dealkylation sites (tertiary alicyclic amines) is 1. The number of terminal acetylenes is 1. The Morgan fingerprint density at radius 2 is 2.00 bits per heavy atom. The third kappa shape index (κ3) is 5.58. The maximum Gasteiger partial charge on any atom is 0.234 e. The zero-order valence-corrected chi connectivity index (χ0v) is 12.3. The molecule has 4 nitrogen and oxygen atoms in total. The minimum atomic E-state index is 0.0340. The maximum absolute atomic E-state index is 11.7. The average molecular weight is 285 g/mol. The SMILES string of the molecule is C#CCNCC(=O)NC1CCN(Cc2ccccc2)CC1. The summed E-state index contributed by atoms with van der Waals surface area (Å²) in [4.78, 5) is 14.1. The van der Waals surface area contributed by atoms with Crippen LogP contribution in [0.2, 0.25) is 0 Å². The predicted molar refractivity (Wildman–Crippen MR) is 84.6 cm³/mol. The molecular formula is C17H23N3O. The fraction of sp³-hybridized carbons (Fsp3) is 0.471. The number of piperidine rings is 1. The van der Waals surface area contributed by atoms with E-state index in [0.717, 1.165) is 32.5 Å². The van der Waals surface area contributed by atoms with Crippen LogP contribution in [0.4, 0.5) is 0 Å². The molecule has 0 unspecified atom stereocenters. The van der Waals surface area contributed by atoms with Crippen LogP contribution in [-0.4, -0.2) is 43.0 Å². The third-order valence-electron chi connectivity index (χ3n) is 3.71. The molecule has 0 aromatic heterocycles. The fourth-order valence-corrected chi connectivity index (χ4v) is 2.60. The van der Waals surface area contributed by atoms with Gasteiger partial charge in [0.1, 0.15) is 0 Å². The van der Waals surface area contributed by atoms with Crippen LogP contribution in [0, 0.1) is 12.3 Å². The number of benzene rings is 1. The number of rotatable bonds is 6. The Balaban J connectivity index is 1.66. The second-order valence-corrected chi connectivity index (χ2v) is 5.41. The van der Waals surface area contributed by atoms with Gasteiger partial charge >= 0.3 is 0 Å². The topological polar surface area (TPSA) is 44.4 Å². The minimum Gasteiger partial charge on any atom is -0.352 e. The van der Waals surface area contributed by atoms with Crippen LogP contribution in [0.5, 0.6) is 0 Å². The van der Waals surface area contributed by atoms with Crippen molar-refractivity contribution in [2.75, 3.05) is 26.2 Å². The Labute approximate surface area is 126 Å². The highest BCUT2D eigenvalue weighted by atomic mass is 16.1. The first-order valence-electron chi connectivity index (χ1n) is 7.48. The van der Waals surface area contributed by atoms with Gasteiger partial charge in [0, 0.05) is 25.7 Å². The van der Waals surface area contributed by atoms with Crippen molar-refractivity contribution in [1.82, 2.24) is 15.5 Å². The molecule has 0 saturated carbocycles. The van der Waals surface area contributed by atoms with Gasteiger partial charge in [-0.05, 0) is 18.4 Å². The minimum absolute atomic E-state index is 0.0340. The lowest BCUT2D eigenvalue weighted by atomic mass is 10.0. The lowest BCUT2D eigenvalue weighted by molar-refractivity contribution is -0.121. The van der Waals surface area contributed by atoms with E-state index in [1.165, 1.54) is 5.56 Å². The van der Waals surface area contributed by atoms with Gasteiger partial charge in [0.25, 0.3) is 0 Å². The summed E-state index contributed by atoms with van der Waals surface area (Å²) in [6, 6.07) is 10.8. The van der Waals surface area contributed by atoms with Crippen LogP contribution in [0.25, 0.3) is 0 Å². The molecule has 1 fully saturated rings. The van der Waals surface area contributed by atoms with E-state index in [9.17, 15) is 4.79 Å². The van der Waals surface area contributed by atoms with Crippen LogP contribution in [0.15, 0.2) is 30.3 Å². The number of carbonyl (C=O) groups excluding carboxylic acids is 1. The van der Waals surface area contributed by atoms with Crippen molar-refractivity contribution in [1.29, 1.82) is 0 Å². The van der Waals surface area contributed by atoms with E-state index in [1.807, 2.05) is 6.07 Å². The lowest BCUT2D eigenvalue weighted by Crippen LogP contribution is -2.46. The summed E-state index contributed by atoms with van der Waals surface area (Å²) in [5.74, 6) is 2.49. The molecule has 0 bridgehead atoms. The van der Waals surface area contributed by atoms with Gasteiger partial charge in [0.15, 0.2) is 0 Å². The molecule has 1 aromatic carbocycles. The third-order valence-corrected chi connectivity index (χ3v) is 3.71. The van der Waals surface area contributed by atoms with E-state index < -0.39 is 0 Å². The van der Waals surface area contributed by atoms with E-state index in [-0.39, 0.29) is 11.9 Å². The summed E-state index contributed by atoms with van der Waals surface area (Å²) in [5, 5.41) is 5.97. The zero-order chi connectivity index (χ0) is 14.9. The molecule has 0 aliphatic carbocycles. The first-order valence-corrected chi connectivity index (χ1v) is 7.48. The molecule has 0 spiro atoms. The molecule has 112 valence electrons. The number of hydrogen-bond donors (Lipinski definition) is 2. The predicted octanol–water partition coefficient (Wildman–Crippen LogP) is 0.990. The van der Waals surface area contributed by atoms with Crippen LogP contribution < -0.4 is 10.6 Å². The average Bonchev–Trinajstić information content (AvgIpc) is 2.51. The van der Waals surface area contributed by atoms with Gasteiger partial charge in [-0.3, -0.25) is 15.0 Å².